The van der Waals surface area contributed by atoms with E-state index in [1.807, 2.05) is 13.0 Å². The number of ketones is 1. The monoisotopic (exact) mass is 336 g/mol. The summed E-state index contributed by atoms with van der Waals surface area (Å²) in [6.45, 7) is 6.05. The molecule has 2 aromatic rings. The summed E-state index contributed by atoms with van der Waals surface area (Å²) in [5, 5.41) is 2.99. The topological polar surface area (TPSA) is 62.0 Å². The highest BCUT2D eigenvalue weighted by molar-refractivity contribution is 6.08. The average Bonchev–Trinajstić information content (AvgIpc) is 3.10. The maximum absolute atomic E-state index is 12.8. The molecule has 1 aromatic heterocycles. The summed E-state index contributed by atoms with van der Waals surface area (Å²) in [4.78, 5) is 28.5. The van der Waals surface area contributed by atoms with E-state index < -0.39 is 0 Å². The Hall–Kier alpha value is -2.36. The Morgan fingerprint density at radius 2 is 1.92 bits per heavy atom. The van der Waals surface area contributed by atoms with Crippen molar-refractivity contribution in [2.45, 2.75) is 52.9 Å². The molecule has 0 saturated heterocycles. The first-order valence-corrected chi connectivity index (χ1v) is 9.02. The fourth-order valence-corrected chi connectivity index (χ4v) is 4.30. The molecule has 0 bridgehead atoms. The van der Waals surface area contributed by atoms with E-state index in [9.17, 15) is 9.59 Å². The number of aromatic nitrogens is 1. The molecular formula is C21H24N2O2. The largest absolute Gasteiger partial charge is 0.354 e. The van der Waals surface area contributed by atoms with Crippen LogP contribution in [0.15, 0.2) is 18.2 Å². The van der Waals surface area contributed by atoms with Crippen molar-refractivity contribution in [3.05, 3.63) is 51.8 Å². The van der Waals surface area contributed by atoms with E-state index in [4.69, 9.17) is 0 Å². The Kier molecular flexibility index (Phi) is 3.60. The summed E-state index contributed by atoms with van der Waals surface area (Å²) in [5.41, 5.74) is 6.38. The zero-order chi connectivity index (χ0) is 17.8. The normalized spacial score (nSPS) is 18.0. The van der Waals surface area contributed by atoms with Crippen LogP contribution in [0.5, 0.6) is 0 Å². The number of benzene rings is 1. The van der Waals surface area contributed by atoms with Gasteiger partial charge >= 0.3 is 0 Å². The van der Waals surface area contributed by atoms with Gasteiger partial charge in [-0.2, -0.15) is 0 Å². The van der Waals surface area contributed by atoms with E-state index >= 15 is 0 Å². The molecule has 1 heterocycles. The first kappa shape index (κ1) is 16.1. The number of aromatic amines is 1. The Balaban J connectivity index is 1.62. The molecule has 4 nitrogen and oxygen atoms in total. The molecule has 25 heavy (non-hydrogen) atoms. The van der Waals surface area contributed by atoms with Crippen LogP contribution in [0.4, 0.5) is 5.69 Å². The van der Waals surface area contributed by atoms with Crippen molar-refractivity contribution in [3.8, 4) is 0 Å². The summed E-state index contributed by atoms with van der Waals surface area (Å²) < 4.78 is 0. The minimum absolute atomic E-state index is 0.0604. The standard InChI is InChI=1S/C21H24N2O2/c1-12-18-16(10-21(2,3)11-17(18)24)23-19(12)20(25)22-15-8-7-13-5-4-6-14(13)9-15/h7-9,23H,4-6,10-11H2,1-3H3,(H,22,25). The molecule has 0 unspecified atom stereocenters. The lowest BCUT2D eigenvalue weighted by Crippen LogP contribution is -2.26. The van der Waals surface area contributed by atoms with E-state index in [0.29, 0.717) is 12.1 Å². The number of hydrogen-bond donors (Lipinski definition) is 2. The molecule has 2 aliphatic carbocycles. The van der Waals surface area contributed by atoms with Crippen LogP contribution >= 0.6 is 0 Å². The second-order valence-electron chi connectivity index (χ2n) is 8.21. The SMILES string of the molecule is Cc1c(C(=O)Nc2ccc3c(c2)CCC3)[nH]c2c1C(=O)CC(C)(C)C2. The molecule has 0 saturated carbocycles. The lowest BCUT2D eigenvalue weighted by atomic mass is 9.75. The number of fused-ring (bicyclic) bond motifs is 2. The Bertz CT molecular complexity index is 890. The van der Waals surface area contributed by atoms with E-state index in [1.54, 1.807) is 0 Å². The zero-order valence-corrected chi connectivity index (χ0v) is 15.1. The number of H-pyrrole nitrogens is 1. The molecule has 0 atom stereocenters. The molecule has 4 rings (SSSR count). The van der Waals surface area contributed by atoms with Crippen LogP contribution in [-0.4, -0.2) is 16.7 Å². The molecule has 1 aromatic carbocycles. The predicted octanol–water partition coefficient (Wildman–Crippen LogP) is 4.22. The van der Waals surface area contributed by atoms with Gasteiger partial charge in [0, 0.05) is 23.4 Å². The molecule has 1 amide bonds. The molecule has 4 heteroatoms. The van der Waals surface area contributed by atoms with Gasteiger partial charge in [-0.1, -0.05) is 19.9 Å². The van der Waals surface area contributed by atoms with Gasteiger partial charge in [0.05, 0.1) is 0 Å². The van der Waals surface area contributed by atoms with Gasteiger partial charge < -0.3 is 10.3 Å². The molecular weight excluding hydrogens is 312 g/mol. The first-order chi connectivity index (χ1) is 11.8. The summed E-state index contributed by atoms with van der Waals surface area (Å²) in [6.07, 6.45) is 4.72. The number of Topliss-reactive ketones (excluding diaryl/α,β-unsaturated/α-hetero) is 1. The second kappa shape index (κ2) is 5.58. The fraction of sp³-hybridized carbons (Fsp3) is 0.429. The smallest absolute Gasteiger partial charge is 0.272 e. The van der Waals surface area contributed by atoms with Crippen molar-refractivity contribution in [1.29, 1.82) is 0 Å². The quantitative estimate of drug-likeness (QED) is 0.862. The third-order valence-corrected chi connectivity index (χ3v) is 5.48. The number of carbonyl (C=O) groups is 2. The number of carbonyl (C=O) groups excluding carboxylic acids is 2. The summed E-state index contributed by atoms with van der Waals surface area (Å²) in [6, 6.07) is 6.15. The summed E-state index contributed by atoms with van der Waals surface area (Å²) in [7, 11) is 0. The Morgan fingerprint density at radius 1 is 1.16 bits per heavy atom. The van der Waals surface area contributed by atoms with Crippen molar-refractivity contribution >= 4 is 17.4 Å². The number of rotatable bonds is 2. The highest BCUT2D eigenvalue weighted by atomic mass is 16.2. The number of aryl methyl sites for hydroxylation is 2. The van der Waals surface area contributed by atoms with E-state index in [-0.39, 0.29) is 17.1 Å². The molecule has 0 radical (unpaired) electrons. The van der Waals surface area contributed by atoms with Gasteiger partial charge in [-0.3, -0.25) is 9.59 Å². The van der Waals surface area contributed by atoms with E-state index in [2.05, 4.69) is 36.3 Å². The number of hydrogen-bond acceptors (Lipinski definition) is 2. The fourth-order valence-electron chi connectivity index (χ4n) is 4.30. The third kappa shape index (κ3) is 2.80. The molecule has 0 aliphatic heterocycles. The van der Waals surface area contributed by atoms with Crippen LogP contribution in [0, 0.1) is 12.3 Å². The van der Waals surface area contributed by atoms with E-state index in [1.165, 1.54) is 17.5 Å². The van der Waals surface area contributed by atoms with Crippen LogP contribution in [0.25, 0.3) is 0 Å². The van der Waals surface area contributed by atoms with Crippen molar-refractivity contribution in [1.82, 2.24) is 4.98 Å². The van der Waals surface area contributed by atoms with Gasteiger partial charge in [-0.15, -0.1) is 0 Å². The molecule has 130 valence electrons. The second-order valence-corrected chi connectivity index (χ2v) is 8.21. The van der Waals surface area contributed by atoms with Gasteiger partial charge in [-0.25, -0.2) is 0 Å². The van der Waals surface area contributed by atoms with Gasteiger partial charge in [-0.05, 0) is 66.8 Å². The maximum Gasteiger partial charge on any atom is 0.272 e. The van der Waals surface area contributed by atoms with Gasteiger partial charge in [0.15, 0.2) is 5.78 Å². The first-order valence-electron chi connectivity index (χ1n) is 9.02. The third-order valence-electron chi connectivity index (χ3n) is 5.48. The van der Waals surface area contributed by atoms with Crippen LogP contribution in [-0.2, 0) is 19.3 Å². The number of nitrogens with one attached hydrogen (secondary N) is 2. The van der Waals surface area contributed by atoms with Crippen molar-refractivity contribution in [2.75, 3.05) is 5.32 Å². The average molecular weight is 336 g/mol. The Labute approximate surface area is 148 Å². The van der Waals surface area contributed by atoms with Gasteiger partial charge in [0.2, 0.25) is 0 Å². The van der Waals surface area contributed by atoms with Crippen molar-refractivity contribution in [2.24, 2.45) is 5.41 Å². The minimum atomic E-state index is -0.171. The molecule has 0 fully saturated rings. The number of anilines is 1. The Morgan fingerprint density at radius 3 is 2.72 bits per heavy atom. The van der Waals surface area contributed by atoms with Crippen LogP contribution < -0.4 is 5.32 Å². The molecule has 0 spiro atoms. The van der Waals surface area contributed by atoms with Crippen LogP contribution in [0.1, 0.15) is 69.9 Å². The highest BCUT2D eigenvalue weighted by Gasteiger charge is 2.35. The van der Waals surface area contributed by atoms with Gasteiger partial charge in [0.1, 0.15) is 5.69 Å². The van der Waals surface area contributed by atoms with E-state index in [0.717, 1.165) is 41.8 Å². The lowest BCUT2D eigenvalue weighted by molar-refractivity contribution is 0.0910. The minimum Gasteiger partial charge on any atom is -0.354 e. The maximum atomic E-state index is 12.8. The predicted molar refractivity (Wildman–Crippen MR) is 98.4 cm³/mol. The van der Waals surface area contributed by atoms with Crippen molar-refractivity contribution in [3.63, 3.8) is 0 Å². The van der Waals surface area contributed by atoms with Crippen LogP contribution in [0.2, 0.25) is 0 Å². The molecule has 2 aliphatic rings. The van der Waals surface area contributed by atoms with Crippen molar-refractivity contribution < 1.29 is 9.59 Å². The number of amides is 1. The zero-order valence-electron chi connectivity index (χ0n) is 15.1. The molecule has 2 N–H and O–H groups in total. The highest BCUT2D eigenvalue weighted by Crippen LogP contribution is 2.37. The summed E-state index contributed by atoms with van der Waals surface area (Å²) >= 11 is 0. The van der Waals surface area contributed by atoms with Crippen LogP contribution in [0.3, 0.4) is 0 Å². The summed E-state index contributed by atoms with van der Waals surface area (Å²) in [5.74, 6) is -0.0352. The van der Waals surface area contributed by atoms with Gasteiger partial charge in [0.25, 0.3) is 5.91 Å². The lowest BCUT2D eigenvalue weighted by Gasteiger charge is -2.28.